The second-order valence-electron chi connectivity index (χ2n) is 5.48. The minimum atomic E-state index is -0.187. The lowest BCUT2D eigenvalue weighted by Crippen LogP contribution is -2.19. The number of carbonyl (C=O) groups is 1. The van der Waals surface area contributed by atoms with Gasteiger partial charge in [0.05, 0.1) is 5.56 Å². The second-order valence-corrected chi connectivity index (χ2v) is 7.51. The van der Waals surface area contributed by atoms with E-state index in [-0.39, 0.29) is 5.91 Å². The van der Waals surface area contributed by atoms with E-state index in [2.05, 4.69) is 39.3 Å². The van der Waals surface area contributed by atoms with Crippen LogP contribution in [0.1, 0.15) is 33.8 Å². The Hall–Kier alpha value is -1.20. The molecule has 0 radical (unpaired) electrons. The van der Waals surface area contributed by atoms with Gasteiger partial charge in [-0.15, -0.1) is 11.3 Å². The largest absolute Gasteiger partial charge is 0.320 e. The highest BCUT2D eigenvalue weighted by Crippen LogP contribution is 2.31. The predicted molar refractivity (Wildman–Crippen MR) is 88.5 cm³/mol. The number of halogens is 1. The van der Waals surface area contributed by atoms with Crippen LogP contribution in [-0.4, -0.2) is 10.5 Å². The molecule has 0 aliphatic heterocycles. The fourth-order valence-electron chi connectivity index (χ4n) is 2.24. The zero-order valence-corrected chi connectivity index (χ0v) is 14.5. The predicted octanol–water partition coefficient (Wildman–Crippen LogP) is 4.08. The molecule has 1 aliphatic carbocycles. The van der Waals surface area contributed by atoms with Crippen molar-refractivity contribution in [1.82, 2.24) is 4.57 Å². The fourth-order valence-corrected chi connectivity index (χ4v) is 3.67. The van der Waals surface area contributed by atoms with Gasteiger partial charge in [0, 0.05) is 21.6 Å². The standard InChI is InChI=1S/C16H17BrN2OS/c1-10-11(2)21-16(19(10)9-12-7-8-12)18-15(20)13-5-3-4-6-14(13)17/h3-6,12H,7-9H2,1-2H3/b18-16-. The van der Waals surface area contributed by atoms with Gasteiger partial charge in [-0.05, 0) is 60.7 Å². The summed E-state index contributed by atoms with van der Waals surface area (Å²) in [5, 5.41) is 0. The first-order valence-corrected chi connectivity index (χ1v) is 8.67. The molecule has 1 aromatic carbocycles. The van der Waals surface area contributed by atoms with Gasteiger partial charge in [0.1, 0.15) is 0 Å². The van der Waals surface area contributed by atoms with E-state index in [9.17, 15) is 4.79 Å². The van der Waals surface area contributed by atoms with Gasteiger partial charge in [0.2, 0.25) is 0 Å². The van der Waals surface area contributed by atoms with E-state index in [1.165, 1.54) is 23.4 Å². The molecule has 0 N–H and O–H groups in total. The maximum absolute atomic E-state index is 12.4. The molecule has 0 saturated heterocycles. The number of carbonyl (C=O) groups excluding carboxylic acids is 1. The van der Waals surface area contributed by atoms with Crippen LogP contribution in [0.2, 0.25) is 0 Å². The van der Waals surface area contributed by atoms with Crippen molar-refractivity contribution in [2.24, 2.45) is 10.9 Å². The van der Waals surface area contributed by atoms with Crippen molar-refractivity contribution < 1.29 is 4.79 Å². The monoisotopic (exact) mass is 364 g/mol. The lowest BCUT2D eigenvalue weighted by molar-refractivity contribution is 0.0997. The first kappa shape index (κ1) is 14.7. The summed E-state index contributed by atoms with van der Waals surface area (Å²) in [5.74, 6) is 0.573. The van der Waals surface area contributed by atoms with Crippen LogP contribution < -0.4 is 4.80 Å². The molecule has 3 nitrogen and oxygen atoms in total. The summed E-state index contributed by atoms with van der Waals surface area (Å²) in [6, 6.07) is 7.42. The highest BCUT2D eigenvalue weighted by molar-refractivity contribution is 9.10. The summed E-state index contributed by atoms with van der Waals surface area (Å²) in [4.78, 5) is 18.8. The van der Waals surface area contributed by atoms with Crippen LogP contribution in [0.5, 0.6) is 0 Å². The Kier molecular flexibility index (Phi) is 4.13. The third-order valence-corrected chi connectivity index (χ3v) is 5.62. The number of benzene rings is 1. The van der Waals surface area contributed by atoms with Gasteiger partial charge in [-0.2, -0.15) is 4.99 Å². The van der Waals surface area contributed by atoms with Crippen LogP contribution in [0.4, 0.5) is 0 Å². The first-order chi connectivity index (χ1) is 10.1. The van der Waals surface area contributed by atoms with Crippen LogP contribution in [0.15, 0.2) is 33.7 Å². The van der Waals surface area contributed by atoms with Crippen LogP contribution >= 0.6 is 27.3 Å². The number of thiazole rings is 1. The Morgan fingerprint density at radius 2 is 2.10 bits per heavy atom. The van der Waals surface area contributed by atoms with E-state index >= 15 is 0 Å². The van der Waals surface area contributed by atoms with Crippen molar-refractivity contribution in [3.8, 4) is 0 Å². The third kappa shape index (κ3) is 3.19. The van der Waals surface area contributed by atoms with Crippen molar-refractivity contribution in [2.75, 3.05) is 0 Å². The molecule has 0 unspecified atom stereocenters. The lowest BCUT2D eigenvalue weighted by Gasteiger charge is -2.04. The number of rotatable bonds is 3. The molecule has 3 rings (SSSR count). The van der Waals surface area contributed by atoms with E-state index in [4.69, 9.17) is 0 Å². The molecule has 0 atom stereocenters. The summed E-state index contributed by atoms with van der Waals surface area (Å²) in [6.07, 6.45) is 2.58. The highest BCUT2D eigenvalue weighted by atomic mass is 79.9. The fraction of sp³-hybridized carbons (Fsp3) is 0.375. The average Bonchev–Trinajstić information content (AvgIpc) is 3.23. The second kappa shape index (κ2) is 5.89. The number of hydrogen-bond acceptors (Lipinski definition) is 2. The van der Waals surface area contributed by atoms with Gasteiger partial charge in [0.25, 0.3) is 5.91 Å². The Balaban J connectivity index is 2.01. The van der Waals surface area contributed by atoms with E-state index in [1.807, 2.05) is 18.2 Å². The molecule has 1 aromatic heterocycles. The number of nitrogens with zero attached hydrogens (tertiary/aromatic N) is 2. The molecular weight excluding hydrogens is 348 g/mol. The van der Waals surface area contributed by atoms with Crippen LogP contribution in [0, 0.1) is 19.8 Å². The summed E-state index contributed by atoms with van der Waals surface area (Å²) in [7, 11) is 0. The molecule has 1 saturated carbocycles. The molecular formula is C16H17BrN2OS. The quantitative estimate of drug-likeness (QED) is 0.807. The molecule has 1 aliphatic rings. The number of aromatic nitrogens is 1. The van der Waals surface area contributed by atoms with E-state index < -0.39 is 0 Å². The van der Waals surface area contributed by atoms with Gasteiger partial charge >= 0.3 is 0 Å². The molecule has 5 heteroatoms. The molecule has 1 heterocycles. The van der Waals surface area contributed by atoms with Crippen LogP contribution in [-0.2, 0) is 6.54 Å². The third-order valence-electron chi connectivity index (χ3n) is 3.83. The zero-order valence-electron chi connectivity index (χ0n) is 12.1. The number of aryl methyl sites for hydroxylation is 1. The molecule has 2 aromatic rings. The van der Waals surface area contributed by atoms with Crippen LogP contribution in [0.3, 0.4) is 0 Å². The van der Waals surface area contributed by atoms with Gasteiger partial charge < -0.3 is 4.57 Å². The minimum Gasteiger partial charge on any atom is -0.320 e. The average molecular weight is 365 g/mol. The SMILES string of the molecule is Cc1s/c(=N\C(=O)c2ccccc2Br)n(CC2CC2)c1C. The summed E-state index contributed by atoms with van der Waals surface area (Å²) in [5.41, 5.74) is 1.84. The summed E-state index contributed by atoms with van der Waals surface area (Å²) < 4.78 is 2.99. The number of amides is 1. The number of hydrogen-bond donors (Lipinski definition) is 0. The van der Waals surface area contributed by atoms with Crippen molar-refractivity contribution in [2.45, 2.75) is 33.2 Å². The van der Waals surface area contributed by atoms with E-state index in [1.54, 1.807) is 17.4 Å². The smallest absolute Gasteiger partial charge is 0.280 e. The van der Waals surface area contributed by atoms with Crippen LogP contribution in [0.25, 0.3) is 0 Å². The lowest BCUT2D eigenvalue weighted by atomic mass is 10.2. The highest BCUT2D eigenvalue weighted by Gasteiger charge is 2.23. The molecule has 21 heavy (non-hydrogen) atoms. The topological polar surface area (TPSA) is 34.4 Å². The zero-order chi connectivity index (χ0) is 15.0. The Labute approximate surface area is 136 Å². The Morgan fingerprint density at radius 1 is 1.38 bits per heavy atom. The summed E-state index contributed by atoms with van der Waals surface area (Å²) >= 11 is 5.01. The Bertz CT molecular complexity index is 756. The maximum atomic E-state index is 12.4. The maximum Gasteiger partial charge on any atom is 0.280 e. The molecule has 0 bridgehead atoms. The molecule has 0 spiro atoms. The molecule has 110 valence electrons. The van der Waals surface area contributed by atoms with Crippen molar-refractivity contribution in [3.05, 3.63) is 49.7 Å². The normalized spacial score (nSPS) is 15.5. The van der Waals surface area contributed by atoms with Gasteiger partial charge in [0.15, 0.2) is 4.80 Å². The Morgan fingerprint density at radius 3 is 2.76 bits per heavy atom. The van der Waals surface area contributed by atoms with E-state index in [0.717, 1.165) is 21.7 Å². The van der Waals surface area contributed by atoms with Crippen molar-refractivity contribution >= 4 is 33.2 Å². The molecule has 1 amide bonds. The van der Waals surface area contributed by atoms with Crippen molar-refractivity contribution in [3.63, 3.8) is 0 Å². The molecule has 1 fully saturated rings. The van der Waals surface area contributed by atoms with Gasteiger partial charge in [-0.1, -0.05) is 12.1 Å². The minimum absolute atomic E-state index is 0.187. The first-order valence-electron chi connectivity index (χ1n) is 7.06. The van der Waals surface area contributed by atoms with Gasteiger partial charge in [-0.25, -0.2) is 0 Å². The van der Waals surface area contributed by atoms with E-state index in [0.29, 0.717) is 5.56 Å². The van der Waals surface area contributed by atoms with Crippen molar-refractivity contribution in [1.29, 1.82) is 0 Å². The summed E-state index contributed by atoms with van der Waals surface area (Å²) in [6.45, 7) is 5.18. The van der Waals surface area contributed by atoms with Gasteiger partial charge in [-0.3, -0.25) is 4.79 Å².